The Bertz CT molecular complexity index is 1630. The van der Waals surface area contributed by atoms with E-state index in [1.165, 1.54) is 11.9 Å². The Morgan fingerprint density at radius 2 is 1.60 bits per heavy atom. The Balaban J connectivity index is 1.76. The normalized spacial score (nSPS) is 16.3. The van der Waals surface area contributed by atoms with Gasteiger partial charge in [0.15, 0.2) is 0 Å². The molecule has 7 N–H and O–H groups in total. The van der Waals surface area contributed by atoms with E-state index in [1.807, 2.05) is 51.1 Å². The number of benzene rings is 3. The van der Waals surface area contributed by atoms with Crippen LogP contribution in [-0.2, 0) is 20.8 Å². The van der Waals surface area contributed by atoms with Crippen LogP contribution in [0.25, 0.3) is 11.1 Å². The number of aryl methyl sites for hydroxylation is 2. The van der Waals surface area contributed by atoms with E-state index in [0.29, 0.717) is 46.7 Å². The molecule has 47 heavy (non-hydrogen) atoms. The molecule has 0 aromatic heterocycles. The molecule has 0 spiro atoms. The van der Waals surface area contributed by atoms with E-state index in [9.17, 15) is 19.2 Å². The van der Waals surface area contributed by atoms with E-state index in [4.69, 9.17) is 20.9 Å². The lowest BCUT2D eigenvalue weighted by Gasteiger charge is -2.29. The first-order valence-corrected chi connectivity index (χ1v) is 15.6. The van der Waals surface area contributed by atoms with Gasteiger partial charge in [0.1, 0.15) is 30.8 Å². The van der Waals surface area contributed by atoms with E-state index in [0.717, 1.165) is 16.7 Å². The maximum atomic E-state index is 13.8. The van der Waals surface area contributed by atoms with Crippen LogP contribution in [0.3, 0.4) is 0 Å². The Labute approximate surface area is 275 Å². The van der Waals surface area contributed by atoms with Crippen molar-refractivity contribution in [3.63, 3.8) is 0 Å². The number of rotatable bonds is 10. The molecule has 4 amide bonds. The average molecular weight is 645 g/mol. The minimum atomic E-state index is -1.16. The fourth-order valence-corrected chi connectivity index (χ4v) is 5.57. The molecule has 12 nitrogen and oxygen atoms in total. The maximum absolute atomic E-state index is 13.8. The van der Waals surface area contributed by atoms with Crippen molar-refractivity contribution < 1.29 is 28.7 Å². The van der Waals surface area contributed by atoms with Crippen LogP contribution in [0.4, 0.5) is 0 Å². The summed E-state index contributed by atoms with van der Waals surface area (Å²) < 4.78 is 12.0. The van der Waals surface area contributed by atoms with Gasteiger partial charge in [0, 0.05) is 42.9 Å². The van der Waals surface area contributed by atoms with Gasteiger partial charge >= 0.3 is 0 Å². The lowest BCUT2D eigenvalue weighted by molar-refractivity contribution is -0.139. The van der Waals surface area contributed by atoms with E-state index in [2.05, 4.69) is 16.0 Å². The van der Waals surface area contributed by atoms with E-state index in [-0.39, 0.29) is 44.8 Å². The molecule has 0 fully saturated rings. The van der Waals surface area contributed by atoms with Crippen LogP contribution < -0.4 is 36.9 Å². The zero-order valence-corrected chi connectivity index (χ0v) is 27.4. The van der Waals surface area contributed by atoms with Gasteiger partial charge in [0.05, 0.1) is 13.1 Å². The molecule has 4 bridgehead atoms. The van der Waals surface area contributed by atoms with Crippen LogP contribution in [-0.4, -0.2) is 81.0 Å². The molecule has 2 unspecified atom stereocenters. The smallest absolute Gasteiger partial charge is 0.251 e. The van der Waals surface area contributed by atoms with Crippen LogP contribution in [0.2, 0.25) is 0 Å². The SMILES string of the molecule is Cc1ccc(C(=O)NCC(=O)N(C)C2C(=O)NCC(=O)NC(C)Cc3ccc(OCCN)c(c3)-c3cc2ccc3OCCN)c(C)c1. The second kappa shape index (κ2) is 16.1. The van der Waals surface area contributed by atoms with Gasteiger partial charge < -0.3 is 41.8 Å². The van der Waals surface area contributed by atoms with Crippen molar-refractivity contribution in [3.05, 3.63) is 82.4 Å². The van der Waals surface area contributed by atoms with Gasteiger partial charge in [0.25, 0.3) is 5.91 Å². The molecule has 0 aliphatic carbocycles. The van der Waals surface area contributed by atoms with Gasteiger partial charge in [-0.3, -0.25) is 19.2 Å². The zero-order valence-electron chi connectivity index (χ0n) is 27.4. The molecule has 2 atom stereocenters. The summed E-state index contributed by atoms with van der Waals surface area (Å²) >= 11 is 0. The van der Waals surface area contributed by atoms with Crippen molar-refractivity contribution in [1.82, 2.24) is 20.9 Å². The molecule has 12 heteroatoms. The molecule has 3 aromatic carbocycles. The fourth-order valence-electron chi connectivity index (χ4n) is 5.57. The fraction of sp³-hybridized carbons (Fsp3) is 0.371. The summed E-state index contributed by atoms with van der Waals surface area (Å²) in [6.07, 6.45) is 0.524. The molecule has 1 aliphatic heterocycles. The molecule has 1 aliphatic rings. The maximum Gasteiger partial charge on any atom is 0.251 e. The number of amides is 4. The van der Waals surface area contributed by atoms with Crippen molar-refractivity contribution >= 4 is 23.6 Å². The minimum absolute atomic E-state index is 0.244. The number of nitrogens with one attached hydrogen (secondary N) is 3. The molecule has 0 saturated heterocycles. The first-order valence-electron chi connectivity index (χ1n) is 15.6. The van der Waals surface area contributed by atoms with E-state index >= 15 is 0 Å². The number of fused-ring (bicyclic) bond motifs is 5. The minimum Gasteiger partial charge on any atom is -0.492 e. The van der Waals surface area contributed by atoms with Crippen molar-refractivity contribution in [2.75, 3.05) is 46.4 Å². The number of carbonyl (C=O) groups is 4. The van der Waals surface area contributed by atoms with Crippen molar-refractivity contribution in [3.8, 4) is 22.6 Å². The number of ether oxygens (including phenoxy) is 2. The molecule has 0 saturated carbocycles. The van der Waals surface area contributed by atoms with Gasteiger partial charge in [-0.25, -0.2) is 0 Å². The zero-order chi connectivity index (χ0) is 34.1. The number of likely N-dealkylation sites (N-methyl/N-ethyl adjacent to an activating group) is 1. The highest BCUT2D eigenvalue weighted by Gasteiger charge is 2.31. The summed E-state index contributed by atoms with van der Waals surface area (Å²) in [4.78, 5) is 54.3. The van der Waals surface area contributed by atoms with E-state index in [1.54, 1.807) is 24.3 Å². The third kappa shape index (κ3) is 8.87. The van der Waals surface area contributed by atoms with Crippen LogP contribution in [0.1, 0.15) is 45.6 Å². The highest BCUT2D eigenvalue weighted by molar-refractivity contribution is 5.98. The number of hydrogen-bond acceptors (Lipinski definition) is 8. The second-order valence-corrected chi connectivity index (χ2v) is 11.7. The van der Waals surface area contributed by atoms with Crippen LogP contribution in [0, 0.1) is 13.8 Å². The quantitative estimate of drug-likeness (QED) is 0.222. The molecular weight excluding hydrogens is 600 g/mol. The van der Waals surface area contributed by atoms with Gasteiger partial charge in [0.2, 0.25) is 17.7 Å². The first-order chi connectivity index (χ1) is 22.5. The summed E-state index contributed by atoms with van der Waals surface area (Å²) in [5.41, 5.74) is 16.5. The number of nitrogens with two attached hydrogens (primary N) is 2. The largest absolute Gasteiger partial charge is 0.492 e. The Kier molecular flexibility index (Phi) is 11.9. The third-order valence-corrected chi connectivity index (χ3v) is 7.83. The molecule has 4 rings (SSSR count). The van der Waals surface area contributed by atoms with Crippen molar-refractivity contribution in [2.45, 2.75) is 39.3 Å². The Hall–Kier alpha value is -4.94. The topological polar surface area (TPSA) is 178 Å². The van der Waals surface area contributed by atoms with Gasteiger partial charge in [-0.2, -0.15) is 0 Å². The number of carbonyl (C=O) groups excluding carboxylic acids is 4. The standard InChI is InChI=1S/C35H44N6O6/c1-21-5-8-26(22(2)15-21)34(44)39-20-32(43)41(4)33-25-7-10-30(47-14-12-37)28(18-25)27-17-24(6-9-29(27)46-13-11-36)16-23(3)40-31(42)19-38-35(33)45/h5-10,15,17-18,23,33H,11-14,16,19-20,36-37H2,1-4H3,(H,38,45)(H,39,44)(H,40,42). The highest BCUT2D eigenvalue weighted by Crippen LogP contribution is 2.40. The lowest BCUT2D eigenvalue weighted by atomic mass is 9.94. The van der Waals surface area contributed by atoms with Crippen LogP contribution in [0.5, 0.6) is 11.5 Å². The summed E-state index contributed by atoms with van der Waals surface area (Å²) in [7, 11) is 1.48. The monoisotopic (exact) mass is 644 g/mol. The van der Waals surface area contributed by atoms with Gasteiger partial charge in [-0.05, 0) is 74.2 Å². The average Bonchev–Trinajstić information content (AvgIpc) is 3.04. The molecular formula is C35H44N6O6. The Morgan fingerprint density at radius 3 is 2.26 bits per heavy atom. The molecule has 0 radical (unpaired) electrons. The molecule has 3 aromatic rings. The van der Waals surface area contributed by atoms with Crippen LogP contribution in [0.15, 0.2) is 54.6 Å². The second-order valence-electron chi connectivity index (χ2n) is 11.7. The predicted molar refractivity (Wildman–Crippen MR) is 179 cm³/mol. The number of nitrogens with zero attached hydrogens (tertiary/aromatic N) is 1. The van der Waals surface area contributed by atoms with E-state index < -0.39 is 23.8 Å². The van der Waals surface area contributed by atoms with Crippen LogP contribution >= 0.6 is 0 Å². The van der Waals surface area contributed by atoms with Crippen molar-refractivity contribution in [2.24, 2.45) is 11.5 Å². The molecule has 1 heterocycles. The Morgan fingerprint density at radius 1 is 0.936 bits per heavy atom. The summed E-state index contributed by atoms with van der Waals surface area (Å²) in [5.74, 6) is -0.795. The summed E-state index contributed by atoms with van der Waals surface area (Å²) in [6, 6.07) is 14.9. The van der Waals surface area contributed by atoms with Gasteiger partial charge in [-0.15, -0.1) is 0 Å². The summed E-state index contributed by atoms with van der Waals surface area (Å²) in [5, 5.41) is 8.27. The summed E-state index contributed by atoms with van der Waals surface area (Å²) in [6.45, 7) is 6.10. The van der Waals surface area contributed by atoms with Crippen molar-refractivity contribution in [1.29, 1.82) is 0 Å². The third-order valence-electron chi connectivity index (χ3n) is 7.83. The first kappa shape index (κ1) is 34.9. The predicted octanol–water partition coefficient (Wildman–Crippen LogP) is 1.75. The van der Waals surface area contributed by atoms with Gasteiger partial charge in [-0.1, -0.05) is 29.8 Å². The molecule has 250 valence electrons. The lowest BCUT2D eigenvalue weighted by Crippen LogP contribution is -2.48. The highest BCUT2D eigenvalue weighted by atomic mass is 16.5. The number of hydrogen-bond donors (Lipinski definition) is 5.